The highest BCUT2D eigenvalue weighted by Gasteiger charge is 2.27. The van der Waals surface area contributed by atoms with Crippen LogP contribution < -0.4 is 5.32 Å². The highest BCUT2D eigenvalue weighted by Crippen LogP contribution is 2.13. The van der Waals surface area contributed by atoms with Gasteiger partial charge >= 0.3 is 5.97 Å². The molecule has 19 heavy (non-hydrogen) atoms. The molecule has 0 aromatic rings. The smallest absolute Gasteiger partial charge is 0.323 e. The lowest BCUT2D eigenvalue weighted by Crippen LogP contribution is -2.50. The number of carbonyl (C=O) groups is 3. The molecule has 6 heteroatoms. The number of rotatable bonds is 6. The van der Waals surface area contributed by atoms with Crippen molar-refractivity contribution < 1.29 is 19.5 Å². The zero-order chi connectivity index (χ0) is 15.2. The Morgan fingerprint density at radius 1 is 1.26 bits per heavy atom. The molecule has 0 spiro atoms. The molecule has 0 aliphatic heterocycles. The van der Waals surface area contributed by atoms with Crippen molar-refractivity contribution in [3.8, 4) is 0 Å². The summed E-state index contributed by atoms with van der Waals surface area (Å²) < 4.78 is 0. The van der Waals surface area contributed by atoms with E-state index in [1.54, 1.807) is 27.7 Å². The Labute approximate surface area is 114 Å². The monoisotopic (exact) mass is 272 g/mol. The number of amides is 2. The molecular weight excluding hydrogens is 248 g/mol. The average Bonchev–Trinajstić information content (AvgIpc) is 2.25. The highest BCUT2D eigenvalue weighted by atomic mass is 16.4. The Bertz CT molecular complexity index is 347. The van der Waals surface area contributed by atoms with Crippen LogP contribution in [0.1, 0.15) is 41.0 Å². The molecule has 2 amide bonds. The third kappa shape index (κ3) is 6.22. The van der Waals surface area contributed by atoms with Crippen molar-refractivity contribution in [3.05, 3.63) is 0 Å². The molecule has 0 rings (SSSR count). The molecule has 0 bridgehead atoms. The quantitative estimate of drug-likeness (QED) is 0.751. The maximum Gasteiger partial charge on any atom is 0.323 e. The first-order valence-corrected chi connectivity index (χ1v) is 6.41. The summed E-state index contributed by atoms with van der Waals surface area (Å²) in [6.07, 6.45) is 0.666. The van der Waals surface area contributed by atoms with Crippen LogP contribution in [0.5, 0.6) is 0 Å². The van der Waals surface area contributed by atoms with Gasteiger partial charge in [-0.05, 0) is 13.3 Å². The lowest BCUT2D eigenvalue weighted by molar-refractivity contribution is -0.146. The second-order valence-electron chi connectivity index (χ2n) is 5.60. The van der Waals surface area contributed by atoms with Crippen LogP contribution in [-0.4, -0.2) is 46.9 Å². The molecule has 0 aromatic heterocycles. The van der Waals surface area contributed by atoms with Crippen molar-refractivity contribution in [1.82, 2.24) is 10.2 Å². The van der Waals surface area contributed by atoms with Gasteiger partial charge in [0.25, 0.3) is 0 Å². The van der Waals surface area contributed by atoms with E-state index >= 15 is 0 Å². The third-order valence-electron chi connectivity index (χ3n) is 2.53. The molecule has 0 saturated heterocycles. The van der Waals surface area contributed by atoms with Crippen molar-refractivity contribution in [2.24, 2.45) is 5.41 Å². The molecule has 6 nitrogen and oxygen atoms in total. The number of hydrogen-bond donors (Lipinski definition) is 2. The number of carboxylic acids is 1. The molecule has 2 N–H and O–H groups in total. The molecule has 0 radical (unpaired) electrons. The molecular formula is C13H24N2O4. The van der Waals surface area contributed by atoms with Crippen molar-refractivity contribution in [2.45, 2.75) is 47.1 Å². The average molecular weight is 272 g/mol. The van der Waals surface area contributed by atoms with Crippen LogP contribution in [0, 0.1) is 5.41 Å². The van der Waals surface area contributed by atoms with Gasteiger partial charge in [0.15, 0.2) is 0 Å². The SMILES string of the molecule is CCCN(CC(=O)O)C(=O)C(C)NC(=O)C(C)(C)C. The number of nitrogens with one attached hydrogen (secondary N) is 1. The van der Waals surface area contributed by atoms with Crippen molar-refractivity contribution >= 4 is 17.8 Å². The minimum Gasteiger partial charge on any atom is -0.480 e. The second-order valence-corrected chi connectivity index (χ2v) is 5.60. The number of carboxylic acid groups (broad SMARTS) is 1. The van der Waals surface area contributed by atoms with Gasteiger partial charge in [0, 0.05) is 12.0 Å². The minimum absolute atomic E-state index is 0.236. The predicted molar refractivity (Wildman–Crippen MR) is 71.6 cm³/mol. The normalized spacial score (nSPS) is 12.7. The van der Waals surface area contributed by atoms with E-state index in [4.69, 9.17) is 5.11 Å². The Hall–Kier alpha value is -1.59. The predicted octanol–water partition coefficient (Wildman–Crippen LogP) is 0.860. The largest absolute Gasteiger partial charge is 0.480 e. The Morgan fingerprint density at radius 2 is 1.79 bits per heavy atom. The highest BCUT2D eigenvalue weighted by molar-refractivity contribution is 5.90. The molecule has 0 aliphatic rings. The minimum atomic E-state index is -1.06. The van der Waals surface area contributed by atoms with Crippen molar-refractivity contribution in [3.63, 3.8) is 0 Å². The van der Waals surface area contributed by atoms with Gasteiger partial charge in [-0.3, -0.25) is 14.4 Å². The molecule has 110 valence electrons. The van der Waals surface area contributed by atoms with Gasteiger partial charge < -0.3 is 15.3 Å². The fraction of sp³-hybridized carbons (Fsp3) is 0.769. The fourth-order valence-corrected chi connectivity index (χ4v) is 1.45. The van der Waals surface area contributed by atoms with Crippen LogP contribution in [0.2, 0.25) is 0 Å². The Balaban J connectivity index is 4.67. The van der Waals surface area contributed by atoms with Gasteiger partial charge in [-0.2, -0.15) is 0 Å². The van der Waals surface area contributed by atoms with Crippen LogP contribution >= 0.6 is 0 Å². The molecule has 0 aliphatic carbocycles. The number of hydrogen-bond acceptors (Lipinski definition) is 3. The number of carbonyl (C=O) groups excluding carboxylic acids is 2. The van der Waals surface area contributed by atoms with Crippen LogP contribution in [0.25, 0.3) is 0 Å². The number of aliphatic carboxylic acids is 1. The van der Waals surface area contributed by atoms with Crippen molar-refractivity contribution in [1.29, 1.82) is 0 Å². The van der Waals surface area contributed by atoms with Crippen LogP contribution in [-0.2, 0) is 14.4 Å². The second kappa shape index (κ2) is 7.11. The van der Waals surface area contributed by atoms with Crippen LogP contribution in [0.4, 0.5) is 0 Å². The summed E-state index contributed by atoms with van der Waals surface area (Å²) in [5.41, 5.74) is -0.586. The molecule has 1 unspecified atom stereocenters. The van der Waals surface area contributed by atoms with Gasteiger partial charge in [0.05, 0.1) is 0 Å². The van der Waals surface area contributed by atoms with E-state index in [0.717, 1.165) is 0 Å². The summed E-state index contributed by atoms with van der Waals surface area (Å²) in [5.74, 6) is -1.67. The van der Waals surface area contributed by atoms with Gasteiger partial charge in [-0.15, -0.1) is 0 Å². The van der Waals surface area contributed by atoms with Gasteiger partial charge in [-0.25, -0.2) is 0 Å². The van der Waals surface area contributed by atoms with Crippen LogP contribution in [0.15, 0.2) is 0 Å². The summed E-state index contributed by atoms with van der Waals surface area (Å²) in [6.45, 7) is 8.70. The maximum absolute atomic E-state index is 12.1. The van der Waals surface area contributed by atoms with E-state index in [2.05, 4.69) is 5.32 Å². The number of nitrogens with zero attached hydrogens (tertiary/aromatic N) is 1. The first kappa shape index (κ1) is 17.4. The summed E-state index contributed by atoms with van der Waals surface area (Å²) in [6, 6.07) is -0.724. The molecule has 0 aromatic carbocycles. The summed E-state index contributed by atoms with van der Waals surface area (Å²) in [7, 11) is 0. The van der Waals surface area contributed by atoms with E-state index in [1.807, 2.05) is 6.92 Å². The molecule has 0 fully saturated rings. The maximum atomic E-state index is 12.1. The first-order chi connectivity index (χ1) is 8.59. The van der Waals surface area contributed by atoms with E-state index in [9.17, 15) is 14.4 Å². The standard InChI is InChI=1S/C13H24N2O4/c1-6-7-15(8-10(16)17)11(18)9(2)14-12(19)13(3,4)5/h9H,6-8H2,1-5H3,(H,14,19)(H,16,17). The van der Waals surface area contributed by atoms with E-state index in [1.165, 1.54) is 4.90 Å². The van der Waals surface area contributed by atoms with Gasteiger partial charge in [-0.1, -0.05) is 27.7 Å². The molecule has 1 atom stereocenters. The van der Waals surface area contributed by atoms with Crippen molar-refractivity contribution in [2.75, 3.05) is 13.1 Å². The van der Waals surface area contributed by atoms with E-state index in [-0.39, 0.29) is 18.4 Å². The van der Waals surface area contributed by atoms with Gasteiger partial charge in [0.1, 0.15) is 12.6 Å². The first-order valence-electron chi connectivity index (χ1n) is 6.41. The zero-order valence-corrected chi connectivity index (χ0v) is 12.3. The summed E-state index contributed by atoms with van der Waals surface area (Å²) >= 11 is 0. The van der Waals surface area contributed by atoms with E-state index < -0.39 is 17.4 Å². The fourth-order valence-electron chi connectivity index (χ4n) is 1.45. The van der Waals surface area contributed by atoms with E-state index in [0.29, 0.717) is 13.0 Å². The van der Waals surface area contributed by atoms with Crippen LogP contribution in [0.3, 0.4) is 0 Å². The lowest BCUT2D eigenvalue weighted by Gasteiger charge is -2.26. The Kier molecular flexibility index (Phi) is 6.52. The lowest BCUT2D eigenvalue weighted by atomic mass is 9.95. The third-order valence-corrected chi connectivity index (χ3v) is 2.53. The molecule has 0 saturated carbocycles. The topological polar surface area (TPSA) is 86.7 Å². The summed E-state index contributed by atoms with van der Waals surface area (Å²) in [4.78, 5) is 35.8. The Morgan fingerprint density at radius 3 is 2.16 bits per heavy atom. The van der Waals surface area contributed by atoms with Gasteiger partial charge in [0.2, 0.25) is 11.8 Å². The zero-order valence-electron chi connectivity index (χ0n) is 12.3. The molecule has 0 heterocycles. The summed E-state index contributed by atoms with van der Waals surface area (Å²) in [5, 5.41) is 11.4.